The van der Waals surface area contributed by atoms with Gasteiger partial charge in [0.1, 0.15) is 11.9 Å². The van der Waals surface area contributed by atoms with E-state index in [0.717, 1.165) is 24.8 Å². The monoisotopic (exact) mass is 341 g/mol. The average molecular weight is 342 g/mol. The second-order valence-electron chi connectivity index (χ2n) is 5.17. The third kappa shape index (κ3) is 4.65. The van der Waals surface area contributed by atoms with Crippen molar-refractivity contribution < 1.29 is 14.3 Å². The average Bonchev–Trinajstić information content (AvgIpc) is 2.85. The first-order chi connectivity index (χ1) is 10.6. The van der Waals surface area contributed by atoms with Gasteiger partial charge in [0, 0.05) is 5.02 Å². The van der Waals surface area contributed by atoms with E-state index in [4.69, 9.17) is 16.3 Å². The minimum absolute atomic E-state index is 0.00482. The van der Waals surface area contributed by atoms with E-state index in [-0.39, 0.29) is 23.8 Å². The molecule has 1 aromatic rings. The largest absolute Gasteiger partial charge is 0.464 e. The van der Waals surface area contributed by atoms with E-state index in [1.807, 2.05) is 18.2 Å². The fourth-order valence-corrected chi connectivity index (χ4v) is 3.66. The van der Waals surface area contributed by atoms with E-state index < -0.39 is 0 Å². The smallest absolute Gasteiger partial charge is 0.325 e. The van der Waals surface area contributed by atoms with Crippen LogP contribution in [0.25, 0.3) is 0 Å². The normalized spacial score (nSPS) is 17.8. The van der Waals surface area contributed by atoms with E-state index in [9.17, 15) is 9.59 Å². The number of hydrogen-bond acceptors (Lipinski definition) is 4. The molecule has 0 bridgehead atoms. The predicted molar refractivity (Wildman–Crippen MR) is 88.8 cm³/mol. The van der Waals surface area contributed by atoms with E-state index in [1.54, 1.807) is 11.0 Å². The van der Waals surface area contributed by atoms with Gasteiger partial charge in [0.15, 0.2) is 0 Å². The summed E-state index contributed by atoms with van der Waals surface area (Å²) in [6.07, 6.45) is 2.98. The highest BCUT2D eigenvalue weighted by Crippen LogP contribution is 2.39. The first-order valence-corrected chi connectivity index (χ1v) is 8.86. The molecule has 1 aromatic carbocycles. The summed E-state index contributed by atoms with van der Waals surface area (Å²) < 4.78 is 5.19. The number of ether oxygens (including phenoxy) is 1. The lowest BCUT2D eigenvalue weighted by Crippen LogP contribution is -2.34. The van der Waals surface area contributed by atoms with Crippen LogP contribution in [-0.2, 0) is 14.3 Å². The molecule has 1 unspecified atom stereocenters. The van der Waals surface area contributed by atoms with Crippen LogP contribution in [0.2, 0.25) is 5.02 Å². The third-order valence-electron chi connectivity index (χ3n) is 3.41. The van der Waals surface area contributed by atoms with Gasteiger partial charge in [-0.3, -0.25) is 9.59 Å². The van der Waals surface area contributed by atoms with Gasteiger partial charge in [-0.25, -0.2) is 0 Å². The van der Waals surface area contributed by atoms with Gasteiger partial charge < -0.3 is 9.64 Å². The fourth-order valence-electron chi connectivity index (χ4n) is 2.28. The lowest BCUT2D eigenvalue weighted by atomic mass is 10.2. The number of thioether (sulfide) groups is 1. The highest BCUT2D eigenvalue weighted by Gasteiger charge is 2.34. The molecule has 1 fully saturated rings. The Balaban J connectivity index is 1.95. The summed E-state index contributed by atoms with van der Waals surface area (Å²) >= 11 is 7.51. The third-order valence-corrected chi connectivity index (χ3v) is 4.90. The molecule has 0 aromatic heterocycles. The molecule has 1 atom stereocenters. The van der Waals surface area contributed by atoms with E-state index >= 15 is 0 Å². The van der Waals surface area contributed by atoms with E-state index in [1.165, 1.54) is 11.8 Å². The van der Waals surface area contributed by atoms with Crippen LogP contribution < -0.4 is 0 Å². The van der Waals surface area contributed by atoms with Gasteiger partial charge in [-0.15, -0.1) is 11.8 Å². The molecule has 1 aliphatic heterocycles. The molecule has 1 saturated heterocycles. The Morgan fingerprint density at radius 2 is 2.27 bits per heavy atom. The second-order valence-corrected chi connectivity index (χ2v) is 6.67. The van der Waals surface area contributed by atoms with Crippen molar-refractivity contribution in [1.29, 1.82) is 0 Å². The first kappa shape index (κ1) is 17.2. The van der Waals surface area contributed by atoms with Crippen molar-refractivity contribution in [2.75, 3.05) is 18.9 Å². The van der Waals surface area contributed by atoms with E-state index in [2.05, 4.69) is 6.92 Å². The Labute approximate surface area is 140 Å². The van der Waals surface area contributed by atoms with Crippen molar-refractivity contribution in [2.24, 2.45) is 0 Å². The van der Waals surface area contributed by atoms with Crippen LogP contribution in [0.5, 0.6) is 0 Å². The number of esters is 1. The molecule has 1 amide bonds. The summed E-state index contributed by atoms with van der Waals surface area (Å²) in [5.41, 5.74) is 0.933. The Bertz CT molecular complexity index is 538. The second kappa shape index (κ2) is 8.44. The van der Waals surface area contributed by atoms with Gasteiger partial charge in [-0.1, -0.05) is 43.5 Å². The van der Waals surface area contributed by atoms with Gasteiger partial charge in [-0.05, 0) is 24.1 Å². The number of nitrogens with zero attached hydrogens (tertiary/aromatic N) is 1. The minimum Gasteiger partial charge on any atom is -0.464 e. The molecule has 0 spiro atoms. The zero-order valence-electron chi connectivity index (χ0n) is 12.6. The quantitative estimate of drug-likeness (QED) is 0.561. The first-order valence-electron chi connectivity index (χ1n) is 7.44. The van der Waals surface area contributed by atoms with Crippen LogP contribution in [0, 0.1) is 0 Å². The molecule has 4 nitrogen and oxygen atoms in total. The van der Waals surface area contributed by atoms with Crippen molar-refractivity contribution >= 4 is 35.2 Å². The molecule has 22 heavy (non-hydrogen) atoms. The molecule has 6 heteroatoms. The molecule has 0 aliphatic carbocycles. The van der Waals surface area contributed by atoms with Crippen LogP contribution in [0.15, 0.2) is 24.3 Å². The molecular formula is C16H20ClNO3S. The number of unbranched alkanes of at least 4 members (excludes halogenated alkanes) is 2. The van der Waals surface area contributed by atoms with Crippen LogP contribution in [0.4, 0.5) is 0 Å². The predicted octanol–water partition coefficient (Wildman–Crippen LogP) is 3.65. The summed E-state index contributed by atoms with van der Waals surface area (Å²) in [7, 11) is 0. The Kier molecular flexibility index (Phi) is 6.58. The van der Waals surface area contributed by atoms with Crippen LogP contribution >= 0.6 is 23.4 Å². The van der Waals surface area contributed by atoms with Crippen molar-refractivity contribution in [3.63, 3.8) is 0 Å². The lowest BCUT2D eigenvalue weighted by molar-refractivity contribution is -0.148. The SMILES string of the molecule is CCCCCOC(=O)CN1C(=O)CSC1c1cccc(Cl)c1. The van der Waals surface area contributed by atoms with Crippen LogP contribution in [0.3, 0.4) is 0 Å². The summed E-state index contributed by atoms with van der Waals surface area (Å²) in [4.78, 5) is 25.5. The Hall–Kier alpha value is -1.20. The number of rotatable bonds is 7. The molecule has 1 heterocycles. The molecule has 2 rings (SSSR count). The molecular weight excluding hydrogens is 322 g/mol. The number of halogens is 1. The summed E-state index contributed by atoms with van der Waals surface area (Å²) in [5.74, 6) is -0.0141. The topological polar surface area (TPSA) is 46.6 Å². The zero-order chi connectivity index (χ0) is 15.9. The number of carbonyl (C=O) groups excluding carboxylic acids is 2. The van der Waals surface area contributed by atoms with Crippen LogP contribution in [0.1, 0.15) is 37.1 Å². The molecule has 0 radical (unpaired) electrons. The molecule has 0 saturated carbocycles. The van der Waals surface area contributed by atoms with Gasteiger partial charge in [-0.2, -0.15) is 0 Å². The molecule has 1 aliphatic rings. The van der Waals surface area contributed by atoms with Crippen molar-refractivity contribution in [3.8, 4) is 0 Å². The number of hydrogen-bond donors (Lipinski definition) is 0. The van der Waals surface area contributed by atoms with Crippen molar-refractivity contribution in [3.05, 3.63) is 34.9 Å². The fraction of sp³-hybridized carbons (Fsp3) is 0.500. The Morgan fingerprint density at radius 3 is 3.00 bits per heavy atom. The van der Waals surface area contributed by atoms with Crippen molar-refractivity contribution in [1.82, 2.24) is 4.90 Å². The van der Waals surface area contributed by atoms with E-state index in [0.29, 0.717) is 17.4 Å². The maximum absolute atomic E-state index is 12.0. The zero-order valence-corrected chi connectivity index (χ0v) is 14.2. The van der Waals surface area contributed by atoms with Gasteiger partial charge in [0.25, 0.3) is 0 Å². The standard InChI is InChI=1S/C16H20ClNO3S/c1-2-3-4-8-21-15(20)10-18-14(19)11-22-16(18)12-6-5-7-13(17)9-12/h5-7,9,16H,2-4,8,10-11H2,1H3. The highest BCUT2D eigenvalue weighted by molar-refractivity contribution is 8.00. The maximum atomic E-state index is 12.0. The summed E-state index contributed by atoms with van der Waals surface area (Å²) in [6, 6.07) is 7.39. The number of amides is 1. The number of carbonyl (C=O) groups is 2. The summed E-state index contributed by atoms with van der Waals surface area (Å²) in [6.45, 7) is 2.51. The maximum Gasteiger partial charge on any atom is 0.325 e. The number of benzene rings is 1. The summed E-state index contributed by atoms with van der Waals surface area (Å²) in [5, 5.41) is 0.453. The van der Waals surface area contributed by atoms with Gasteiger partial charge in [0.05, 0.1) is 12.4 Å². The minimum atomic E-state index is -0.348. The highest BCUT2D eigenvalue weighted by atomic mass is 35.5. The molecule has 120 valence electrons. The van der Waals surface area contributed by atoms with Crippen LogP contribution in [-0.4, -0.2) is 35.7 Å². The Morgan fingerprint density at radius 1 is 1.45 bits per heavy atom. The van der Waals surface area contributed by atoms with Gasteiger partial charge in [0.2, 0.25) is 5.91 Å². The lowest BCUT2D eigenvalue weighted by Gasteiger charge is -2.23. The van der Waals surface area contributed by atoms with Gasteiger partial charge >= 0.3 is 5.97 Å². The molecule has 0 N–H and O–H groups in total. The van der Waals surface area contributed by atoms with Crippen molar-refractivity contribution in [2.45, 2.75) is 31.6 Å².